The molecule has 3 aromatic rings. The van der Waals surface area contributed by atoms with Crippen LogP contribution in [0.3, 0.4) is 0 Å². The van der Waals surface area contributed by atoms with E-state index in [0.29, 0.717) is 18.1 Å². The smallest absolute Gasteiger partial charge is 0.203 e. The Morgan fingerprint density at radius 1 is 1.12 bits per heavy atom. The van der Waals surface area contributed by atoms with Crippen LogP contribution in [0.2, 0.25) is 0 Å². The highest BCUT2D eigenvalue weighted by Crippen LogP contribution is 2.28. The Balaban J connectivity index is 1.67. The Labute approximate surface area is 157 Å². The third-order valence-electron chi connectivity index (χ3n) is 3.67. The van der Waals surface area contributed by atoms with E-state index < -0.39 is 0 Å². The zero-order valence-corrected chi connectivity index (χ0v) is 15.8. The quantitative estimate of drug-likeness (QED) is 0.482. The zero-order valence-electron chi connectivity index (χ0n) is 15.0. The van der Waals surface area contributed by atoms with E-state index in [1.165, 1.54) is 22.5 Å². The van der Waals surface area contributed by atoms with Crippen molar-refractivity contribution < 1.29 is 9.47 Å². The summed E-state index contributed by atoms with van der Waals surface area (Å²) in [5.41, 5.74) is 7.40. The Hall–Kier alpha value is -2.86. The lowest BCUT2D eigenvalue weighted by Gasteiger charge is -2.12. The molecule has 0 amide bonds. The van der Waals surface area contributed by atoms with Gasteiger partial charge in [0.15, 0.2) is 11.5 Å². The third-order valence-corrected chi connectivity index (χ3v) is 4.35. The fraction of sp³-hybridized carbons (Fsp3) is 0.200. The van der Waals surface area contributed by atoms with Crippen molar-refractivity contribution in [2.24, 2.45) is 5.10 Å². The number of anilines is 1. The predicted molar refractivity (Wildman–Crippen MR) is 107 cm³/mol. The fourth-order valence-corrected chi connectivity index (χ4v) is 3.12. The second-order valence-corrected chi connectivity index (χ2v) is 6.80. The highest BCUT2D eigenvalue weighted by molar-refractivity contribution is 7.13. The Bertz CT molecular complexity index is 872. The molecular formula is C20H21N3O2S. The summed E-state index contributed by atoms with van der Waals surface area (Å²) in [6.45, 7) is 4.67. The molecule has 1 heterocycles. The van der Waals surface area contributed by atoms with Gasteiger partial charge in [-0.05, 0) is 43.2 Å². The highest BCUT2D eigenvalue weighted by atomic mass is 32.1. The molecule has 0 aliphatic heterocycles. The summed E-state index contributed by atoms with van der Waals surface area (Å²) in [5.74, 6) is 1.38. The van der Waals surface area contributed by atoms with Gasteiger partial charge in [0.25, 0.3) is 0 Å². The maximum absolute atomic E-state index is 5.95. The molecular weight excluding hydrogens is 346 g/mol. The summed E-state index contributed by atoms with van der Waals surface area (Å²) in [4.78, 5) is 4.11. The minimum atomic E-state index is 0.498. The molecule has 2 aromatic carbocycles. The number of rotatable bonds is 7. The van der Waals surface area contributed by atoms with Gasteiger partial charge in [0.1, 0.15) is 6.61 Å². The molecule has 3 rings (SSSR count). The van der Waals surface area contributed by atoms with Crippen molar-refractivity contribution in [1.29, 1.82) is 0 Å². The molecule has 0 atom stereocenters. The van der Waals surface area contributed by atoms with E-state index in [4.69, 9.17) is 9.47 Å². The van der Waals surface area contributed by atoms with E-state index in [0.717, 1.165) is 16.3 Å². The summed E-state index contributed by atoms with van der Waals surface area (Å²) >= 11 is 1.49. The first-order valence-corrected chi connectivity index (χ1v) is 9.08. The summed E-state index contributed by atoms with van der Waals surface area (Å²) in [5, 5.41) is 6.82. The van der Waals surface area contributed by atoms with Crippen LogP contribution in [0.5, 0.6) is 11.5 Å². The minimum Gasteiger partial charge on any atom is -0.493 e. The summed E-state index contributed by atoms with van der Waals surface area (Å²) in [7, 11) is 1.63. The van der Waals surface area contributed by atoms with Gasteiger partial charge in [-0.2, -0.15) is 5.10 Å². The van der Waals surface area contributed by atoms with E-state index >= 15 is 0 Å². The molecule has 0 saturated carbocycles. The first-order chi connectivity index (χ1) is 12.6. The number of aryl methyl sites for hydroxylation is 2. The molecule has 6 heteroatoms. The van der Waals surface area contributed by atoms with Crippen LogP contribution in [0, 0.1) is 13.8 Å². The van der Waals surface area contributed by atoms with E-state index in [1.807, 2.05) is 23.6 Å². The number of ether oxygens (including phenoxy) is 2. The maximum atomic E-state index is 5.95. The van der Waals surface area contributed by atoms with Gasteiger partial charge in [-0.1, -0.05) is 29.3 Å². The van der Waals surface area contributed by atoms with Crippen LogP contribution in [-0.4, -0.2) is 18.3 Å². The zero-order chi connectivity index (χ0) is 18.4. The normalized spacial score (nSPS) is 10.9. The molecule has 0 unspecified atom stereocenters. The number of methoxy groups -OCH3 is 1. The Morgan fingerprint density at radius 3 is 2.62 bits per heavy atom. The molecule has 1 N–H and O–H groups in total. The van der Waals surface area contributed by atoms with E-state index in [2.05, 4.69) is 47.6 Å². The minimum absolute atomic E-state index is 0.498. The molecule has 1 aromatic heterocycles. The van der Waals surface area contributed by atoms with Gasteiger partial charge in [-0.3, -0.25) is 5.43 Å². The van der Waals surface area contributed by atoms with Gasteiger partial charge in [0.2, 0.25) is 5.13 Å². The standard InChI is InChI=1S/C20H21N3O2S/c1-14-8-15(2)10-17(9-14)13-25-18-5-4-16(11-19(18)24-3)12-22-23-20-21-6-7-26-20/h4-12H,13H2,1-3H3,(H,21,23)/b22-12+. The Morgan fingerprint density at radius 2 is 1.92 bits per heavy atom. The van der Waals surface area contributed by atoms with Crippen molar-refractivity contribution in [3.8, 4) is 11.5 Å². The van der Waals surface area contributed by atoms with Gasteiger partial charge in [0.05, 0.1) is 13.3 Å². The fourth-order valence-electron chi connectivity index (χ4n) is 2.64. The van der Waals surface area contributed by atoms with E-state index in [9.17, 15) is 0 Å². The van der Waals surface area contributed by atoms with Crippen molar-refractivity contribution in [3.05, 3.63) is 70.2 Å². The lowest BCUT2D eigenvalue weighted by molar-refractivity contribution is 0.284. The molecule has 0 fully saturated rings. The molecule has 5 nitrogen and oxygen atoms in total. The summed E-state index contributed by atoms with van der Waals surface area (Å²) in [6, 6.07) is 12.1. The van der Waals surface area contributed by atoms with Crippen molar-refractivity contribution >= 4 is 22.7 Å². The maximum Gasteiger partial charge on any atom is 0.203 e. The van der Waals surface area contributed by atoms with E-state index in [1.54, 1.807) is 19.5 Å². The molecule has 0 saturated heterocycles. The van der Waals surface area contributed by atoms with Crippen molar-refractivity contribution in [1.82, 2.24) is 4.98 Å². The number of thiazole rings is 1. The largest absolute Gasteiger partial charge is 0.493 e. The van der Waals surface area contributed by atoms with Crippen LogP contribution in [0.1, 0.15) is 22.3 Å². The first-order valence-electron chi connectivity index (χ1n) is 8.20. The number of hydrazone groups is 1. The van der Waals surface area contributed by atoms with Gasteiger partial charge in [-0.25, -0.2) is 4.98 Å². The number of benzene rings is 2. The summed E-state index contributed by atoms with van der Waals surface area (Å²) in [6.07, 6.45) is 3.45. The molecule has 134 valence electrons. The number of hydrogen-bond acceptors (Lipinski definition) is 6. The van der Waals surface area contributed by atoms with Crippen LogP contribution in [0.4, 0.5) is 5.13 Å². The molecule has 0 bridgehead atoms. The molecule has 0 aliphatic carbocycles. The lowest BCUT2D eigenvalue weighted by atomic mass is 10.1. The van der Waals surface area contributed by atoms with Gasteiger partial charge in [0, 0.05) is 11.6 Å². The monoisotopic (exact) mass is 367 g/mol. The average molecular weight is 367 g/mol. The number of hydrogen-bond donors (Lipinski definition) is 1. The van der Waals surface area contributed by atoms with Crippen molar-refractivity contribution in [2.45, 2.75) is 20.5 Å². The van der Waals surface area contributed by atoms with Crippen molar-refractivity contribution in [3.63, 3.8) is 0 Å². The highest BCUT2D eigenvalue weighted by Gasteiger charge is 2.06. The van der Waals surface area contributed by atoms with Crippen LogP contribution < -0.4 is 14.9 Å². The van der Waals surface area contributed by atoms with Crippen LogP contribution >= 0.6 is 11.3 Å². The second-order valence-electron chi connectivity index (χ2n) is 5.90. The number of aromatic nitrogens is 1. The van der Waals surface area contributed by atoms with Gasteiger partial charge < -0.3 is 9.47 Å². The second kappa shape index (κ2) is 8.49. The Kier molecular flexibility index (Phi) is 5.86. The lowest BCUT2D eigenvalue weighted by Crippen LogP contribution is -1.99. The molecule has 26 heavy (non-hydrogen) atoms. The number of nitrogens with zero attached hydrogens (tertiary/aromatic N) is 2. The first kappa shape index (κ1) is 17.9. The molecule has 0 radical (unpaired) electrons. The topological polar surface area (TPSA) is 55.7 Å². The van der Waals surface area contributed by atoms with Crippen LogP contribution in [-0.2, 0) is 6.61 Å². The predicted octanol–water partition coefficient (Wildman–Crippen LogP) is 4.79. The number of nitrogens with one attached hydrogen (secondary N) is 1. The molecule has 0 aliphatic rings. The van der Waals surface area contributed by atoms with Crippen molar-refractivity contribution in [2.75, 3.05) is 12.5 Å². The van der Waals surface area contributed by atoms with E-state index in [-0.39, 0.29) is 0 Å². The SMILES string of the molecule is COc1cc(/C=N/Nc2nccs2)ccc1OCc1cc(C)cc(C)c1. The van der Waals surface area contributed by atoms with Crippen LogP contribution in [0.25, 0.3) is 0 Å². The van der Waals surface area contributed by atoms with Gasteiger partial charge in [-0.15, -0.1) is 11.3 Å². The molecule has 0 spiro atoms. The average Bonchev–Trinajstić information content (AvgIpc) is 3.13. The summed E-state index contributed by atoms with van der Waals surface area (Å²) < 4.78 is 11.4. The third kappa shape index (κ3) is 4.83. The van der Waals surface area contributed by atoms with Crippen LogP contribution in [0.15, 0.2) is 53.1 Å². The van der Waals surface area contributed by atoms with Gasteiger partial charge >= 0.3 is 0 Å².